The Labute approximate surface area is 189 Å². The predicted octanol–water partition coefficient (Wildman–Crippen LogP) is 5.55. The van der Waals surface area contributed by atoms with Gasteiger partial charge in [-0.15, -0.1) is 0 Å². The smallest absolute Gasteiger partial charge is 0.310 e. The van der Waals surface area contributed by atoms with E-state index in [2.05, 4.69) is 0 Å². The summed E-state index contributed by atoms with van der Waals surface area (Å²) in [6.07, 6.45) is 0.340. The number of carbonyl (C=O) groups is 4. The fourth-order valence-corrected chi connectivity index (χ4v) is 2.64. The minimum Gasteiger partial charge on any atom is -0.481 e. The zero-order valence-corrected chi connectivity index (χ0v) is 19.5. The van der Waals surface area contributed by atoms with Gasteiger partial charge in [0.2, 0.25) is 0 Å². The van der Waals surface area contributed by atoms with E-state index in [1.54, 1.807) is 62.4 Å². The summed E-state index contributed by atoms with van der Waals surface area (Å²) >= 11 is 0. The lowest BCUT2D eigenvalue weighted by Gasteiger charge is -2.08. The number of carboxylic acids is 1. The van der Waals surface area contributed by atoms with Gasteiger partial charge in [-0.1, -0.05) is 58.9 Å². The molecular formula is C26H32O6. The molecule has 1 N–H and O–H groups in total. The second kappa shape index (κ2) is 12.5. The van der Waals surface area contributed by atoms with E-state index in [9.17, 15) is 19.2 Å². The van der Waals surface area contributed by atoms with Crippen molar-refractivity contribution in [2.75, 3.05) is 0 Å². The third-order valence-electron chi connectivity index (χ3n) is 4.77. The Kier molecular flexibility index (Phi) is 10.5. The van der Waals surface area contributed by atoms with E-state index in [1.807, 2.05) is 27.7 Å². The van der Waals surface area contributed by atoms with Crippen molar-refractivity contribution < 1.29 is 29.0 Å². The molecule has 2 rings (SSSR count). The number of hydrogen-bond donors (Lipinski definition) is 1. The normalized spacial score (nSPS) is 11.4. The molecule has 6 nitrogen and oxygen atoms in total. The maximum Gasteiger partial charge on any atom is 0.310 e. The molecule has 0 saturated carbocycles. The molecule has 0 aliphatic rings. The molecular weight excluding hydrogens is 408 g/mol. The van der Waals surface area contributed by atoms with E-state index in [0.717, 1.165) is 0 Å². The first kappa shape index (κ1) is 26.8. The minimum atomic E-state index is -0.858. The van der Waals surface area contributed by atoms with Crippen LogP contribution in [0.25, 0.3) is 0 Å². The van der Waals surface area contributed by atoms with Crippen molar-refractivity contribution in [3.05, 3.63) is 65.2 Å². The zero-order chi connectivity index (χ0) is 24.4. The van der Waals surface area contributed by atoms with E-state index in [1.165, 1.54) is 0 Å². The Balaban J connectivity index is 0.000000320. The van der Waals surface area contributed by atoms with Crippen LogP contribution < -0.4 is 4.74 Å². The lowest BCUT2D eigenvalue weighted by atomic mass is 9.96. The summed E-state index contributed by atoms with van der Waals surface area (Å²) < 4.78 is 5.01. The summed E-state index contributed by atoms with van der Waals surface area (Å²) in [6.45, 7) is 10.8. The number of esters is 1. The number of rotatable bonds is 8. The average Bonchev–Trinajstić information content (AvgIpc) is 2.78. The van der Waals surface area contributed by atoms with Crippen molar-refractivity contribution in [3.63, 3.8) is 0 Å². The highest BCUT2D eigenvalue weighted by atomic mass is 16.5. The van der Waals surface area contributed by atoms with Gasteiger partial charge in [0, 0.05) is 29.4 Å². The number of Topliss-reactive ketones (excluding diaryl/α,β-unsaturated/α-hetero) is 2. The maximum absolute atomic E-state index is 11.6. The van der Waals surface area contributed by atoms with Gasteiger partial charge in [0.1, 0.15) is 5.75 Å². The van der Waals surface area contributed by atoms with E-state index in [0.29, 0.717) is 28.9 Å². The average molecular weight is 441 g/mol. The number of aliphatic carboxylic acids is 1. The van der Waals surface area contributed by atoms with Gasteiger partial charge in [0.15, 0.2) is 11.6 Å². The van der Waals surface area contributed by atoms with Gasteiger partial charge >= 0.3 is 11.9 Å². The first-order valence-corrected chi connectivity index (χ1v) is 10.7. The molecule has 0 saturated heterocycles. The molecule has 172 valence electrons. The first-order chi connectivity index (χ1) is 15.0. The molecule has 1 atom stereocenters. The van der Waals surface area contributed by atoms with Gasteiger partial charge in [-0.3, -0.25) is 19.2 Å². The van der Waals surface area contributed by atoms with E-state index < -0.39 is 11.9 Å². The predicted molar refractivity (Wildman–Crippen MR) is 123 cm³/mol. The Morgan fingerprint density at radius 1 is 0.750 bits per heavy atom. The number of carboxylic acid groups (broad SMARTS) is 1. The molecule has 0 spiro atoms. The monoisotopic (exact) mass is 440 g/mol. The van der Waals surface area contributed by atoms with Crippen LogP contribution in [0.5, 0.6) is 5.75 Å². The van der Waals surface area contributed by atoms with Crippen molar-refractivity contribution in [2.24, 2.45) is 11.8 Å². The van der Waals surface area contributed by atoms with Crippen molar-refractivity contribution in [1.82, 2.24) is 0 Å². The molecule has 0 amide bonds. The van der Waals surface area contributed by atoms with Crippen LogP contribution in [0, 0.1) is 11.8 Å². The number of ketones is 2. The topological polar surface area (TPSA) is 97.7 Å². The van der Waals surface area contributed by atoms with Crippen molar-refractivity contribution >= 4 is 23.5 Å². The van der Waals surface area contributed by atoms with Crippen LogP contribution in [0.2, 0.25) is 0 Å². The van der Waals surface area contributed by atoms with Gasteiger partial charge in [-0.25, -0.2) is 0 Å². The lowest BCUT2D eigenvalue weighted by molar-refractivity contribution is -0.138. The van der Waals surface area contributed by atoms with Gasteiger partial charge in [0.05, 0.1) is 5.92 Å². The molecule has 0 aromatic heterocycles. The summed E-state index contributed by atoms with van der Waals surface area (Å²) in [5, 5.41) is 8.84. The molecule has 0 heterocycles. The van der Waals surface area contributed by atoms with Gasteiger partial charge in [-0.2, -0.15) is 0 Å². The number of carbonyl (C=O) groups excluding carboxylic acids is 3. The standard InChI is InChI=1S/2C13H16O3/c1-8(2)12(14)11-6-4-10(5-7-11)9(3)13(15)16;1-4-12(14)16-11-7-5-10(6-8-11)13(15)9(2)3/h4-9H,1-3H3,(H,15,16);5-9H,4H2,1-3H3. The van der Waals surface area contributed by atoms with Crippen LogP contribution in [0.4, 0.5) is 0 Å². The highest BCUT2D eigenvalue weighted by Gasteiger charge is 2.15. The second-order valence-electron chi connectivity index (χ2n) is 8.07. The summed E-state index contributed by atoms with van der Waals surface area (Å²) in [4.78, 5) is 45.0. The zero-order valence-electron chi connectivity index (χ0n) is 19.5. The highest BCUT2D eigenvalue weighted by Crippen LogP contribution is 2.18. The summed E-state index contributed by atoms with van der Waals surface area (Å²) in [5.74, 6) is -1.09. The van der Waals surface area contributed by atoms with Gasteiger partial charge < -0.3 is 9.84 Å². The minimum absolute atomic E-state index is 0.0240. The molecule has 2 aromatic carbocycles. The molecule has 2 aromatic rings. The first-order valence-electron chi connectivity index (χ1n) is 10.7. The number of ether oxygens (including phenoxy) is 1. The SMILES string of the molecule is CC(C)C(=O)c1ccc(C(C)C(=O)O)cc1.CCC(=O)Oc1ccc(C(=O)C(C)C)cc1. The molecule has 32 heavy (non-hydrogen) atoms. The highest BCUT2D eigenvalue weighted by molar-refractivity contribution is 5.98. The maximum atomic E-state index is 11.6. The fourth-order valence-electron chi connectivity index (χ4n) is 2.64. The number of benzene rings is 2. The Morgan fingerprint density at radius 3 is 1.50 bits per heavy atom. The third-order valence-corrected chi connectivity index (χ3v) is 4.77. The third kappa shape index (κ3) is 8.10. The van der Waals surface area contributed by atoms with E-state index >= 15 is 0 Å². The summed E-state index contributed by atoms with van der Waals surface area (Å²) in [5.41, 5.74) is 2.00. The molecule has 0 fully saturated rings. The summed E-state index contributed by atoms with van der Waals surface area (Å²) in [7, 11) is 0. The molecule has 6 heteroatoms. The van der Waals surface area contributed by atoms with Gasteiger partial charge in [-0.05, 0) is 36.8 Å². The van der Waals surface area contributed by atoms with Crippen LogP contribution in [-0.4, -0.2) is 28.6 Å². The number of hydrogen-bond acceptors (Lipinski definition) is 5. The second-order valence-corrected chi connectivity index (χ2v) is 8.07. The molecule has 1 unspecified atom stereocenters. The van der Waals surface area contributed by atoms with E-state index in [4.69, 9.17) is 9.84 Å². The van der Waals surface area contributed by atoms with Crippen LogP contribution in [0.1, 0.15) is 80.2 Å². The van der Waals surface area contributed by atoms with Crippen LogP contribution in [0.15, 0.2) is 48.5 Å². The van der Waals surface area contributed by atoms with Crippen LogP contribution in [-0.2, 0) is 9.59 Å². The van der Waals surface area contributed by atoms with Gasteiger partial charge in [0.25, 0.3) is 0 Å². The van der Waals surface area contributed by atoms with Crippen molar-refractivity contribution in [2.45, 2.75) is 53.9 Å². The lowest BCUT2D eigenvalue weighted by Crippen LogP contribution is -2.09. The van der Waals surface area contributed by atoms with Crippen LogP contribution >= 0.6 is 0 Å². The molecule has 0 aliphatic carbocycles. The molecule has 0 radical (unpaired) electrons. The molecule has 0 aliphatic heterocycles. The van der Waals surface area contributed by atoms with E-state index in [-0.39, 0.29) is 29.4 Å². The Hall–Kier alpha value is -3.28. The van der Waals surface area contributed by atoms with Crippen LogP contribution in [0.3, 0.4) is 0 Å². The van der Waals surface area contributed by atoms with Crippen molar-refractivity contribution in [3.8, 4) is 5.75 Å². The largest absolute Gasteiger partial charge is 0.481 e. The molecule has 0 bridgehead atoms. The quantitative estimate of drug-likeness (QED) is 0.328. The van der Waals surface area contributed by atoms with Crippen molar-refractivity contribution in [1.29, 1.82) is 0 Å². The fraction of sp³-hybridized carbons (Fsp3) is 0.385. The Morgan fingerprint density at radius 2 is 1.16 bits per heavy atom. The summed E-state index contributed by atoms with van der Waals surface area (Å²) in [6, 6.07) is 13.4. The Bertz CT molecular complexity index is 922.